The Morgan fingerprint density at radius 2 is 1.60 bits per heavy atom. The van der Waals surface area contributed by atoms with E-state index < -0.39 is 0 Å². The van der Waals surface area contributed by atoms with Crippen LogP contribution in [0.5, 0.6) is 0 Å². The molecule has 0 spiro atoms. The smallest absolute Gasteiger partial charge is 0.208 e. The summed E-state index contributed by atoms with van der Waals surface area (Å²) in [5, 5.41) is 3.64. The summed E-state index contributed by atoms with van der Waals surface area (Å²) in [6.07, 6.45) is 1.12. The molecule has 152 valence electrons. The molecule has 0 fully saturated rings. The van der Waals surface area contributed by atoms with Crippen molar-refractivity contribution in [2.75, 3.05) is 16.8 Å². The van der Waals surface area contributed by atoms with Crippen LogP contribution in [0.2, 0.25) is 0 Å². The molecule has 0 radical (unpaired) electrons. The third-order valence-electron chi connectivity index (χ3n) is 6.30. The van der Waals surface area contributed by atoms with E-state index in [0.29, 0.717) is 0 Å². The first-order valence-electron chi connectivity index (χ1n) is 10.8. The highest BCUT2D eigenvalue weighted by Crippen LogP contribution is 2.44. The summed E-state index contributed by atoms with van der Waals surface area (Å²) in [6.45, 7) is 8.71. The van der Waals surface area contributed by atoms with E-state index >= 15 is 0 Å². The van der Waals surface area contributed by atoms with Crippen LogP contribution < -0.4 is 10.2 Å². The summed E-state index contributed by atoms with van der Waals surface area (Å²) >= 11 is 0. The zero-order valence-corrected chi connectivity index (χ0v) is 17.9. The van der Waals surface area contributed by atoms with E-state index in [1.54, 1.807) is 0 Å². The third kappa shape index (κ3) is 3.04. The molecule has 30 heavy (non-hydrogen) atoms. The summed E-state index contributed by atoms with van der Waals surface area (Å²) < 4.78 is 2.24. The molecule has 0 amide bonds. The van der Waals surface area contributed by atoms with Gasteiger partial charge in [-0.05, 0) is 54.7 Å². The van der Waals surface area contributed by atoms with E-state index in [1.165, 1.54) is 16.9 Å². The van der Waals surface area contributed by atoms with Crippen LogP contribution in [0.25, 0.3) is 11.0 Å². The summed E-state index contributed by atoms with van der Waals surface area (Å²) in [5.41, 5.74) is 7.34. The fourth-order valence-electron chi connectivity index (χ4n) is 4.60. The molecule has 1 aliphatic heterocycles. The second-order valence-electron chi connectivity index (χ2n) is 8.61. The lowest BCUT2D eigenvalue weighted by molar-refractivity contribution is 0.467. The molecule has 0 unspecified atom stereocenters. The Labute approximate surface area is 178 Å². The summed E-state index contributed by atoms with van der Waals surface area (Å²) in [4.78, 5) is 7.31. The number of fused-ring (bicyclic) bond motifs is 2. The number of aromatic nitrogens is 2. The van der Waals surface area contributed by atoms with Gasteiger partial charge in [-0.2, -0.15) is 0 Å². The van der Waals surface area contributed by atoms with Gasteiger partial charge in [0.1, 0.15) is 0 Å². The Morgan fingerprint density at radius 1 is 0.900 bits per heavy atom. The molecule has 0 atom stereocenters. The van der Waals surface area contributed by atoms with Crippen molar-refractivity contribution in [2.24, 2.45) is 0 Å². The maximum Gasteiger partial charge on any atom is 0.208 e. The second kappa shape index (κ2) is 7.21. The number of para-hydroxylation sites is 5. The van der Waals surface area contributed by atoms with Gasteiger partial charge < -0.3 is 14.8 Å². The molecule has 0 aliphatic carbocycles. The van der Waals surface area contributed by atoms with Crippen molar-refractivity contribution < 1.29 is 0 Å². The van der Waals surface area contributed by atoms with Gasteiger partial charge in [-0.25, -0.2) is 4.98 Å². The molecule has 1 aromatic heterocycles. The highest BCUT2D eigenvalue weighted by atomic mass is 15.2. The molecule has 0 saturated carbocycles. The van der Waals surface area contributed by atoms with E-state index in [9.17, 15) is 0 Å². The predicted octanol–water partition coefficient (Wildman–Crippen LogP) is 6.62. The zero-order valence-electron chi connectivity index (χ0n) is 17.9. The van der Waals surface area contributed by atoms with Crippen molar-refractivity contribution in [2.45, 2.75) is 39.2 Å². The third-order valence-corrected chi connectivity index (χ3v) is 6.30. The average Bonchev–Trinajstić information content (AvgIpc) is 3.12. The highest BCUT2D eigenvalue weighted by molar-refractivity contribution is 5.84. The molecule has 4 nitrogen and oxygen atoms in total. The SMILES string of the molecule is CCn1c(Nc2ccccc2N2CCC(C)(C)c3ccccc32)nc2ccccc21. The number of hydrogen-bond acceptors (Lipinski definition) is 3. The molecule has 1 N–H and O–H groups in total. The molecule has 2 heterocycles. The molecule has 4 heteroatoms. The predicted molar refractivity (Wildman–Crippen MR) is 126 cm³/mol. The van der Waals surface area contributed by atoms with Gasteiger partial charge in [0.05, 0.1) is 22.4 Å². The van der Waals surface area contributed by atoms with E-state index in [2.05, 4.69) is 102 Å². The maximum atomic E-state index is 4.87. The van der Waals surface area contributed by atoms with Gasteiger partial charge in [-0.15, -0.1) is 0 Å². The monoisotopic (exact) mass is 396 g/mol. The van der Waals surface area contributed by atoms with Gasteiger partial charge in [0.25, 0.3) is 0 Å². The average molecular weight is 397 g/mol. The molecular formula is C26H28N4. The Kier molecular flexibility index (Phi) is 4.50. The van der Waals surface area contributed by atoms with E-state index in [0.717, 1.165) is 42.2 Å². The minimum absolute atomic E-state index is 0.186. The Hall–Kier alpha value is -3.27. The van der Waals surface area contributed by atoms with Crippen LogP contribution in [0.1, 0.15) is 32.8 Å². The first-order valence-corrected chi connectivity index (χ1v) is 10.8. The van der Waals surface area contributed by atoms with Gasteiger partial charge in [-0.3, -0.25) is 0 Å². The maximum absolute atomic E-state index is 4.87. The normalized spacial score (nSPS) is 15.2. The summed E-state index contributed by atoms with van der Waals surface area (Å²) in [6, 6.07) is 25.7. The standard InChI is InChI=1S/C26H28N4/c1-4-29-23-15-9-6-12-20(23)27-25(29)28-21-13-7-10-16-24(21)30-18-17-26(2,3)19-11-5-8-14-22(19)30/h5-16H,4,17-18H2,1-3H3,(H,27,28). The fourth-order valence-corrected chi connectivity index (χ4v) is 4.60. The van der Waals surface area contributed by atoms with Crippen LogP contribution in [0.15, 0.2) is 72.8 Å². The Balaban J connectivity index is 1.58. The second-order valence-corrected chi connectivity index (χ2v) is 8.61. The quantitative estimate of drug-likeness (QED) is 0.421. The highest BCUT2D eigenvalue weighted by Gasteiger charge is 2.32. The molecule has 3 aromatic carbocycles. The van der Waals surface area contributed by atoms with Crippen molar-refractivity contribution >= 4 is 34.0 Å². The van der Waals surface area contributed by atoms with Crippen molar-refractivity contribution in [1.82, 2.24) is 9.55 Å². The molecule has 4 aromatic rings. The summed E-state index contributed by atoms with van der Waals surface area (Å²) in [5.74, 6) is 0.886. The first-order chi connectivity index (χ1) is 14.6. The molecule has 0 saturated heterocycles. The van der Waals surface area contributed by atoms with Crippen LogP contribution in [0, 0.1) is 0 Å². The van der Waals surface area contributed by atoms with Crippen LogP contribution in [0.4, 0.5) is 23.0 Å². The van der Waals surface area contributed by atoms with Gasteiger partial charge in [0, 0.05) is 18.8 Å². The lowest BCUT2D eigenvalue weighted by Crippen LogP contribution is -2.34. The molecule has 0 bridgehead atoms. The fraction of sp³-hybridized carbons (Fsp3) is 0.269. The summed E-state index contributed by atoms with van der Waals surface area (Å²) in [7, 11) is 0. The Bertz CT molecular complexity index is 1200. The van der Waals surface area contributed by atoms with Crippen molar-refractivity contribution in [1.29, 1.82) is 0 Å². The van der Waals surface area contributed by atoms with Crippen molar-refractivity contribution in [3.05, 3.63) is 78.4 Å². The van der Waals surface area contributed by atoms with E-state index in [1.807, 2.05) is 6.07 Å². The number of rotatable bonds is 4. The van der Waals surface area contributed by atoms with Crippen molar-refractivity contribution in [3.8, 4) is 0 Å². The number of nitrogens with zero attached hydrogens (tertiary/aromatic N) is 3. The van der Waals surface area contributed by atoms with Crippen LogP contribution in [-0.4, -0.2) is 16.1 Å². The minimum atomic E-state index is 0.186. The van der Waals surface area contributed by atoms with E-state index in [-0.39, 0.29) is 5.41 Å². The lowest BCUT2D eigenvalue weighted by atomic mass is 9.77. The number of anilines is 4. The largest absolute Gasteiger partial charge is 0.340 e. The number of hydrogen-bond donors (Lipinski definition) is 1. The number of imidazole rings is 1. The van der Waals surface area contributed by atoms with Crippen LogP contribution >= 0.6 is 0 Å². The number of benzene rings is 3. The van der Waals surface area contributed by atoms with Crippen molar-refractivity contribution in [3.63, 3.8) is 0 Å². The molecule has 5 rings (SSSR count). The Morgan fingerprint density at radius 3 is 2.43 bits per heavy atom. The molecule has 1 aliphatic rings. The van der Waals surface area contributed by atoms with Crippen LogP contribution in [-0.2, 0) is 12.0 Å². The van der Waals surface area contributed by atoms with Gasteiger partial charge in [0.2, 0.25) is 5.95 Å². The number of nitrogens with one attached hydrogen (secondary N) is 1. The lowest BCUT2D eigenvalue weighted by Gasteiger charge is -2.40. The topological polar surface area (TPSA) is 33.1 Å². The molecular weight excluding hydrogens is 368 g/mol. The van der Waals surface area contributed by atoms with Gasteiger partial charge in [-0.1, -0.05) is 56.3 Å². The van der Waals surface area contributed by atoms with Crippen LogP contribution in [0.3, 0.4) is 0 Å². The first kappa shape index (κ1) is 18.7. The number of aryl methyl sites for hydroxylation is 1. The minimum Gasteiger partial charge on any atom is -0.340 e. The van der Waals surface area contributed by atoms with Gasteiger partial charge in [0.15, 0.2) is 0 Å². The van der Waals surface area contributed by atoms with E-state index in [4.69, 9.17) is 4.98 Å². The zero-order chi connectivity index (χ0) is 20.7. The van der Waals surface area contributed by atoms with Gasteiger partial charge >= 0.3 is 0 Å².